The van der Waals surface area contributed by atoms with Gasteiger partial charge in [0.15, 0.2) is 22.7 Å². The van der Waals surface area contributed by atoms with Crippen LogP contribution in [-0.2, 0) is 9.47 Å². The van der Waals surface area contributed by atoms with E-state index < -0.39 is 88.4 Å². The maximum atomic E-state index is 12.9. The van der Waals surface area contributed by atoms with Crippen molar-refractivity contribution in [2.24, 2.45) is 0 Å². The van der Waals surface area contributed by atoms with E-state index in [4.69, 9.17) is 9.47 Å². The van der Waals surface area contributed by atoms with Crippen LogP contribution in [0.15, 0.2) is 36.4 Å². The number of hydrogen-bond acceptors (Lipinski definition) is 16. The lowest BCUT2D eigenvalue weighted by atomic mass is 10.2. The molecule has 0 aliphatic carbocycles. The van der Waals surface area contributed by atoms with E-state index in [1.54, 1.807) is 0 Å². The van der Waals surface area contributed by atoms with E-state index in [1.807, 2.05) is 0 Å². The molecule has 0 N–H and O–H groups in total. The van der Waals surface area contributed by atoms with Crippen molar-refractivity contribution in [3.05, 3.63) is 88.2 Å². The minimum Gasteiger partial charge on any atom is -0.461 e. The van der Waals surface area contributed by atoms with Crippen LogP contribution in [0, 0.1) is 40.5 Å². The second-order valence-electron chi connectivity index (χ2n) is 8.90. The van der Waals surface area contributed by atoms with E-state index in [2.05, 4.69) is 20.2 Å². The van der Waals surface area contributed by atoms with Crippen molar-refractivity contribution in [3.8, 4) is 11.4 Å². The summed E-state index contributed by atoms with van der Waals surface area (Å²) < 4.78 is 11.6. The van der Waals surface area contributed by atoms with Crippen LogP contribution < -0.4 is 0 Å². The molecule has 5 aromatic rings. The number of benzene rings is 2. The van der Waals surface area contributed by atoms with Gasteiger partial charge < -0.3 is 9.47 Å². The summed E-state index contributed by atoms with van der Waals surface area (Å²) in [6, 6.07) is 5.15. The zero-order valence-corrected chi connectivity index (χ0v) is 23.2. The lowest BCUT2D eigenvalue weighted by Crippen LogP contribution is -2.09. The van der Waals surface area contributed by atoms with Gasteiger partial charge in [-0.25, -0.2) is 28.9 Å². The van der Waals surface area contributed by atoms with Gasteiger partial charge in [0.25, 0.3) is 11.4 Å². The molecule has 0 unspecified atom stereocenters. The van der Waals surface area contributed by atoms with Gasteiger partial charge in [0.1, 0.15) is 22.4 Å². The molecule has 0 radical (unpaired) electrons. The number of nitro benzene ring substituents is 4. The minimum atomic E-state index is -1.06. The van der Waals surface area contributed by atoms with Crippen molar-refractivity contribution >= 4 is 57.0 Å². The molecular weight excluding hydrogens is 620 g/mol. The van der Waals surface area contributed by atoms with Gasteiger partial charge in [-0.2, -0.15) is 10.2 Å². The lowest BCUT2D eigenvalue weighted by Gasteiger charge is -2.06. The van der Waals surface area contributed by atoms with Gasteiger partial charge in [0, 0.05) is 12.1 Å². The molecule has 234 valence electrons. The predicted octanol–water partition coefficient (Wildman–Crippen LogP) is 3.14. The zero-order valence-electron chi connectivity index (χ0n) is 23.2. The average molecular weight is 636 g/mol. The van der Waals surface area contributed by atoms with Crippen LogP contribution in [0.3, 0.4) is 0 Å². The third kappa shape index (κ3) is 5.10. The molecule has 0 atom stereocenters. The Kier molecular flexibility index (Phi) is 7.67. The quantitative estimate of drug-likeness (QED) is 0.121. The molecule has 22 nitrogen and oxygen atoms in total. The fourth-order valence-electron chi connectivity index (χ4n) is 4.33. The molecule has 0 saturated heterocycles. The number of carbonyl (C=O) groups excluding carboxylic acids is 2. The standard InChI is InChI=1S/C24H16N10O12/c1-3-45-23(35)19-17-21(29(27-19)13-7-5-11(31(37)38)9-15(13)33(41)42)26-22-18(25-17)20(24(36)46-4-2)28-30(22)14-8-6-12(32(39)40)10-16(14)34(43)44/h5-10H,3-4H2,1-2H3. The first-order chi connectivity index (χ1) is 21.9. The van der Waals surface area contributed by atoms with Gasteiger partial charge in [0.2, 0.25) is 0 Å². The summed E-state index contributed by atoms with van der Waals surface area (Å²) in [4.78, 5) is 77.5. The van der Waals surface area contributed by atoms with E-state index in [0.29, 0.717) is 12.1 Å². The number of esters is 2. The highest BCUT2D eigenvalue weighted by molar-refractivity contribution is 6.05. The number of rotatable bonds is 10. The van der Waals surface area contributed by atoms with Gasteiger partial charge in [-0.15, -0.1) is 0 Å². The van der Waals surface area contributed by atoms with E-state index in [0.717, 1.165) is 33.6 Å². The highest BCUT2D eigenvalue weighted by Gasteiger charge is 2.32. The highest BCUT2D eigenvalue weighted by Crippen LogP contribution is 2.34. The fourth-order valence-corrected chi connectivity index (χ4v) is 4.33. The van der Waals surface area contributed by atoms with Crippen molar-refractivity contribution in [2.75, 3.05) is 13.2 Å². The Morgan fingerprint density at radius 2 is 1.04 bits per heavy atom. The molecule has 2 aromatic carbocycles. The molecule has 46 heavy (non-hydrogen) atoms. The minimum absolute atomic E-state index is 0.129. The van der Waals surface area contributed by atoms with E-state index in [1.165, 1.54) is 13.8 Å². The topological polar surface area (TPSA) is 287 Å². The number of fused-ring (bicyclic) bond motifs is 2. The molecule has 0 fully saturated rings. The largest absolute Gasteiger partial charge is 0.461 e. The van der Waals surface area contributed by atoms with E-state index in [9.17, 15) is 50.0 Å². The van der Waals surface area contributed by atoms with Gasteiger partial charge in [0.05, 0.1) is 45.0 Å². The smallest absolute Gasteiger partial charge is 0.361 e. The molecule has 22 heteroatoms. The van der Waals surface area contributed by atoms with Crippen molar-refractivity contribution in [3.63, 3.8) is 0 Å². The van der Waals surface area contributed by atoms with Gasteiger partial charge in [-0.05, 0) is 26.0 Å². The molecule has 0 saturated carbocycles. The Labute approximate surface area is 252 Å². The first-order valence-corrected chi connectivity index (χ1v) is 12.8. The van der Waals surface area contributed by atoms with Crippen LogP contribution in [0.4, 0.5) is 22.7 Å². The van der Waals surface area contributed by atoms with Crippen LogP contribution in [0.25, 0.3) is 33.7 Å². The Hall–Kier alpha value is -7.00. The van der Waals surface area contributed by atoms with Gasteiger partial charge in [-0.3, -0.25) is 40.5 Å². The molecule has 3 aromatic heterocycles. The van der Waals surface area contributed by atoms with Crippen molar-refractivity contribution < 1.29 is 38.8 Å². The second-order valence-corrected chi connectivity index (χ2v) is 8.90. The Morgan fingerprint density at radius 1 is 0.652 bits per heavy atom. The van der Waals surface area contributed by atoms with Crippen LogP contribution in [-0.4, -0.2) is 74.4 Å². The summed E-state index contributed by atoms with van der Waals surface area (Å²) in [5.74, 6) is -2.11. The SMILES string of the molecule is CCOC(=O)c1nn(-c2ccc([N+](=O)[O-])cc2[N+](=O)[O-])c2nc3c(nc12)c(C(=O)OCC)nn3-c1ccc([N+](=O)[O-])cc1[N+](=O)[O-]. The molecule has 5 rings (SSSR count). The fraction of sp³-hybridized carbons (Fsp3) is 0.167. The maximum Gasteiger partial charge on any atom is 0.361 e. The van der Waals surface area contributed by atoms with Crippen molar-refractivity contribution in [1.82, 2.24) is 29.5 Å². The summed E-state index contributed by atoms with van der Waals surface area (Å²) in [5.41, 5.74) is -6.25. The number of carbonyl (C=O) groups is 2. The summed E-state index contributed by atoms with van der Waals surface area (Å²) in [5, 5.41) is 54.7. The average Bonchev–Trinajstić information content (AvgIpc) is 3.58. The summed E-state index contributed by atoms with van der Waals surface area (Å²) in [6.45, 7) is 2.72. The molecule has 0 aliphatic rings. The monoisotopic (exact) mass is 636 g/mol. The zero-order chi connectivity index (χ0) is 33.4. The van der Waals surface area contributed by atoms with Crippen LogP contribution >= 0.6 is 0 Å². The molecular formula is C24H16N10O12. The molecule has 3 heterocycles. The Balaban J connectivity index is 1.92. The number of nitro groups is 4. The Bertz CT molecular complexity index is 2010. The number of ether oxygens (including phenoxy) is 2. The number of aromatic nitrogens is 6. The first kappa shape index (κ1) is 30.5. The summed E-state index contributed by atoms with van der Waals surface area (Å²) >= 11 is 0. The second kappa shape index (κ2) is 11.6. The van der Waals surface area contributed by atoms with Crippen LogP contribution in [0.2, 0.25) is 0 Å². The Morgan fingerprint density at radius 3 is 1.37 bits per heavy atom. The third-order valence-corrected chi connectivity index (χ3v) is 6.24. The van der Waals surface area contributed by atoms with E-state index in [-0.39, 0.29) is 24.2 Å². The highest BCUT2D eigenvalue weighted by atomic mass is 16.6. The lowest BCUT2D eigenvalue weighted by molar-refractivity contribution is -0.394. The van der Waals surface area contributed by atoms with E-state index >= 15 is 0 Å². The molecule has 0 aliphatic heterocycles. The number of non-ortho nitro benzene ring substituents is 2. The number of hydrogen-bond donors (Lipinski definition) is 0. The molecule has 0 amide bonds. The van der Waals surface area contributed by atoms with Gasteiger partial charge >= 0.3 is 23.3 Å². The summed E-state index contributed by atoms with van der Waals surface area (Å²) in [7, 11) is 0. The van der Waals surface area contributed by atoms with Crippen LogP contribution in [0.5, 0.6) is 0 Å². The van der Waals surface area contributed by atoms with Gasteiger partial charge in [-0.1, -0.05) is 0 Å². The maximum absolute atomic E-state index is 12.9. The van der Waals surface area contributed by atoms with Crippen molar-refractivity contribution in [2.45, 2.75) is 13.8 Å². The third-order valence-electron chi connectivity index (χ3n) is 6.24. The predicted molar refractivity (Wildman–Crippen MR) is 150 cm³/mol. The molecule has 0 bridgehead atoms. The summed E-state index contributed by atoms with van der Waals surface area (Å²) in [6.07, 6.45) is 0. The van der Waals surface area contributed by atoms with Crippen LogP contribution in [0.1, 0.15) is 34.8 Å². The first-order valence-electron chi connectivity index (χ1n) is 12.8. The number of nitrogens with zero attached hydrogens (tertiary/aromatic N) is 10. The normalized spacial score (nSPS) is 11.0. The molecule has 0 spiro atoms. The van der Waals surface area contributed by atoms with Crippen molar-refractivity contribution in [1.29, 1.82) is 0 Å².